The molecule has 0 spiro atoms. The minimum atomic E-state index is 0.804. The lowest BCUT2D eigenvalue weighted by molar-refractivity contribution is 0.415. The zero-order chi connectivity index (χ0) is 36.2. The van der Waals surface area contributed by atoms with Gasteiger partial charge in [0.05, 0.1) is 49.4 Å². The van der Waals surface area contributed by atoms with E-state index >= 15 is 0 Å². The van der Waals surface area contributed by atoms with Crippen molar-refractivity contribution in [3.8, 4) is 11.5 Å². The number of anilines is 7. The van der Waals surface area contributed by atoms with E-state index < -0.39 is 0 Å². The first kappa shape index (κ1) is 34.3. The molecule has 0 N–H and O–H groups in total. The third-order valence-electron chi connectivity index (χ3n) is 8.60. The van der Waals surface area contributed by atoms with Gasteiger partial charge in [0.1, 0.15) is 11.5 Å². The quantitative estimate of drug-likeness (QED) is 0.0889. The topological polar surface area (TPSA) is 52.9 Å². The van der Waals surface area contributed by atoms with Crippen LogP contribution in [0.15, 0.2) is 198 Å². The summed E-state index contributed by atoms with van der Waals surface area (Å²) in [5.41, 5.74) is 8.80. The van der Waals surface area contributed by atoms with Gasteiger partial charge in [-0.05, 0) is 120 Å². The predicted octanol–water partition coefficient (Wildman–Crippen LogP) is 11.5. The third-order valence-corrected chi connectivity index (χ3v) is 8.60. The van der Waals surface area contributed by atoms with Crippen molar-refractivity contribution in [3.63, 3.8) is 0 Å². The van der Waals surface area contributed by atoms with Crippen molar-refractivity contribution < 1.29 is 9.47 Å². The van der Waals surface area contributed by atoms with Crippen LogP contribution in [0.3, 0.4) is 0 Å². The predicted molar refractivity (Wildman–Crippen MR) is 219 cm³/mol. The lowest BCUT2D eigenvalue weighted by atomic mass is 10.1. The van der Waals surface area contributed by atoms with Crippen LogP contribution in [-0.4, -0.2) is 26.6 Å². The van der Waals surface area contributed by atoms with Gasteiger partial charge in [0.15, 0.2) is 0 Å². The van der Waals surface area contributed by atoms with Gasteiger partial charge in [0.25, 0.3) is 0 Å². The summed E-state index contributed by atoms with van der Waals surface area (Å²) in [5.74, 6) is 1.61. The van der Waals surface area contributed by atoms with Crippen LogP contribution in [0.5, 0.6) is 11.5 Å². The summed E-state index contributed by atoms with van der Waals surface area (Å²) >= 11 is 0. The Labute approximate surface area is 310 Å². The van der Waals surface area contributed by atoms with Crippen LogP contribution in [0.25, 0.3) is 0 Å². The number of hydrazone groups is 2. The maximum atomic E-state index is 5.41. The number of ether oxygens (including phenoxy) is 2. The zero-order valence-corrected chi connectivity index (χ0v) is 29.6. The Kier molecular flexibility index (Phi) is 10.8. The maximum Gasteiger partial charge on any atom is 0.119 e. The molecule has 0 radical (unpaired) electrons. The van der Waals surface area contributed by atoms with E-state index in [1.807, 2.05) is 101 Å². The Bertz CT molecular complexity index is 2140. The van der Waals surface area contributed by atoms with E-state index in [4.69, 9.17) is 19.7 Å². The summed E-state index contributed by atoms with van der Waals surface area (Å²) in [6.07, 6.45) is 3.76. The molecule has 0 amide bonds. The van der Waals surface area contributed by atoms with Crippen molar-refractivity contribution in [1.82, 2.24) is 0 Å². The number of benzene rings is 7. The highest BCUT2D eigenvalue weighted by molar-refractivity contribution is 5.85. The van der Waals surface area contributed by atoms with Crippen LogP contribution in [0.1, 0.15) is 11.1 Å². The molecular formula is C46H39N5O2. The summed E-state index contributed by atoms with van der Waals surface area (Å²) in [4.78, 5) is 2.19. The van der Waals surface area contributed by atoms with E-state index in [1.54, 1.807) is 14.2 Å². The van der Waals surface area contributed by atoms with Gasteiger partial charge in [-0.1, -0.05) is 78.9 Å². The maximum absolute atomic E-state index is 5.41. The van der Waals surface area contributed by atoms with Gasteiger partial charge in [-0.15, -0.1) is 0 Å². The molecule has 260 valence electrons. The van der Waals surface area contributed by atoms with Crippen LogP contribution in [0, 0.1) is 0 Å². The van der Waals surface area contributed by atoms with Crippen LogP contribution < -0.4 is 24.4 Å². The first-order valence-electron chi connectivity index (χ1n) is 17.3. The van der Waals surface area contributed by atoms with Crippen molar-refractivity contribution in [1.29, 1.82) is 0 Å². The van der Waals surface area contributed by atoms with E-state index in [-0.39, 0.29) is 0 Å². The normalized spacial score (nSPS) is 11.1. The Hall–Kier alpha value is -7.12. The second kappa shape index (κ2) is 16.7. The highest BCUT2D eigenvalue weighted by Crippen LogP contribution is 2.36. The lowest BCUT2D eigenvalue weighted by Gasteiger charge is -2.26. The fourth-order valence-corrected chi connectivity index (χ4v) is 5.84. The van der Waals surface area contributed by atoms with Crippen molar-refractivity contribution in [2.45, 2.75) is 0 Å². The van der Waals surface area contributed by atoms with Gasteiger partial charge in [0.2, 0.25) is 0 Å². The van der Waals surface area contributed by atoms with Gasteiger partial charge >= 0.3 is 0 Å². The van der Waals surface area contributed by atoms with Crippen LogP contribution >= 0.6 is 0 Å². The molecule has 7 aromatic carbocycles. The molecule has 0 bridgehead atoms. The highest BCUT2D eigenvalue weighted by Gasteiger charge is 2.14. The van der Waals surface area contributed by atoms with Gasteiger partial charge < -0.3 is 14.4 Å². The van der Waals surface area contributed by atoms with Crippen molar-refractivity contribution >= 4 is 52.2 Å². The number of rotatable bonds is 13. The summed E-state index contributed by atoms with van der Waals surface area (Å²) in [5, 5.41) is 13.7. The minimum absolute atomic E-state index is 0.804. The summed E-state index contributed by atoms with van der Waals surface area (Å²) in [7, 11) is 3.35. The molecule has 7 rings (SSSR count). The highest BCUT2D eigenvalue weighted by atomic mass is 16.5. The summed E-state index contributed by atoms with van der Waals surface area (Å²) < 4.78 is 10.8. The minimum Gasteiger partial charge on any atom is -0.497 e. The fourth-order valence-electron chi connectivity index (χ4n) is 5.84. The first-order valence-corrected chi connectivity index (χ1v) is 17.3. The SMILES string of the molecule is COc1ccc(N(c2ccc(/C=N/N(c3ccccc3)c3ccc(/C=N/N(c4ccccc4)c4ccccc4)cc3)cc2)c2ccc(OC)cc2)cc1. The molecule has 0 unspecified atom stereocenters. The van der Waals surface area contributed by atoms with E-state index in [2.05, 4.69) is 114 Å². The monoisotopic (exact) mass is 693 g/mol. The summed E-state index contributed by atoms with van der Waals surface area (Å²) in [6, 6.07) is 63.1. The molecule has 0 saturated carbocycles. The second-order valence-corrected chi connectivity index (χ2v) is 12.0. The molecule has 7 heteroatoms. The molecule has 0 heterocycles. The lowest BCUT2D eigenvalue weighted by Crippen LogP contribution is -2.11. The molecular weight excluding hydrogens is 655 g/mol. The third kappa shape index (κ3) is 8.44. The standard InChI is InChI=1S/C46H39N5O2/c1-52-45-30-26-39(27-31-45)49(40-28-32-46(53-2)33-29-40)38-22-18-36(19-23-38)34-48-51(43-16-10-5-11-17-43)44-24-20-37(21-25-44)35-47-50(41-12-6-3-7-13-41)42-14-8-4-9-15-42/h3-35H,1-2H3/b47-35+,48-34+. The Balaban J connectivity index is 1.14. The van der Waals surface area contributed by atoms with E-state index in [1.165, 1.54) is 0 Å². The molecule has 7 aromatic rings. The average molecular weight is 694 g/mol. The molecule has 0 aliphatic carbocycles. The van der Waals surface area contributed by atoms with Gasteiger partial charge in [-0.3, -0.25) is 0 Å². The van der Waals surface area contributed by atoms with Gasteiger partial charge in [-0.25, -0.2) is 10.0 Å². The molecule has 7 nitrogen and oxygen atoms in total. The number of hydrogen-bond acceptors (Lipinski definition) is 7. The fraction of sp³-hybridized carbons (Fsp3) is 0.0435. The number of methoxy groups -OCH3 is 2. The molecule has 0 fully saturated rings. The van der Waals surface area contributed by atoms with Crippen molar-refractivity contribution in [2.24, 2.45) is 10.2 Å². The van der Waals surface area contributed by atoms with E-state index in [0.717, 1.165) is 62.4 Å². The molecule has 0 atom stereocenters. The van der Waals surface area contributed by atoms with E-state index in [9.17, 15) is 0 Å². The smallest absolute Gasteiger partial charge is 0.119 e. The summed E-state index contributed by atoms with van der Waals surface area (Å²) in [6.45, 7) is 0. The van der Waals surface area contributed by atoms with Crippen LogP contribution in [0.4, 0.5) is 39.8 Å². The number of nitrogens with zero attached hydrogens (tertiary/aromatic N) is 5. The molecule has 0 aromatic heterocycles. The zero-order valence-electron chi connectivity index (χ0n) is 29.6. The first-order chi connectivity index (χ1) is 26.2. The van der Waals surface area contributed by atoms with Gasteiger partial charge in [-0.2, -0.15) is 10.2 Å². The Morgan fingerprint density at radius 2 is 0.623 bits per heavy atom. The Morgan fingerprint density at radius 3 is 0.943 bits per heavy atom. The molecule has 0 aliphatic heterocycles. The number of hydrogen-bond donors (Lipinski definition) is 0. The van der Waals surface area contributed by atoms with Crippen LogP contribution in [0.2, 0.25) is 0 Å². The molecule has 0 saturated heterocycles. The second-order valence-electron chi connectivity index (χ2n) is 12.0. The Morgan fingerprint density at radius 1 is 0.340 bits per heavy atom. The molecule has 53 heavy (non-hydrogen) atoms. The van der Waals surface area contributed by atoms with Gasteiger partial charge in [0, 0.05) is 17.1 Å². The average Bonchev–Trinajstić information content (AvgIpc) is 3.24. The number of para-hydroxylation sites is 3. The largest absolute Gasteiger partial charge is 0.497 e. The van der Waals surface area contributed by atoms with Crippen molar-refractivity contribution in [3.05, 3.63) is 199 Å². The molecule has 0 aliphatic rings. The van der Waals surface area contributed by atoms with Crippen LogP contribution in [-0.2, 0) is 0 Å². The van der Waals surface area contributed by atoms with E-state index in [0.29, 0.717) is 0 Å². The van der Waals surface area contributed by atoms with Crippen molar-refractivity contribution in [2.75, 3.05) is 29.1 Å².